The molecule has 1 rings (SSSR count). The summed E-state index contributed by atoms with van der Waals surface area (Å²) in [5.74, 6) is 0. The van der Waals surface area contributed by atoms with Gasteiger partial charge in [0.25, 0.3) is 0 Å². The molecule has 0 spiro atoms. The molecule has 0 radical (unpaired) electrons. The highest BCUT2D eigenvalue weighted by Crippen LogP contribution is 2.15. The van der Waals surface area contributed by atoms with Crippen molar-refractivity contribution in [1.29, 1.82) is 0 Å². The first-order chi connectivity index (χ1) is 8.24. The van der Waals surface area contributed by atoms with Gasteiger partial charge in [0.1, 0.15) is 0 Å². The van der Waals surface area contributed by atoms with Crippen molar-refractivity contribution in [2.75, 3.05) is 39.3 Å². The van der Waals surface area contributed by atoms with Crippen LogP contribution >= 0.6 is 0 Å². The molecule has 0 aliphatic carbocycles. The number of hydrogen-bond acceptors (Lipinski definition) is 3. The van der Waals surface area contributed by atoms with Gasteiger partial charge in [-0.05, 0) is 41.0 Å². The third kappa shape index (κ3) is 5.25. The van der Waals surface area contributed by atoms with Crippen LogP contribution in [0.25, 0.3) is 0 Å². The zero-order valence-electron chi connectivity index (χ0n) is 13.3. The number of rotatable bonds is 5. The van der Waals surface area contributed by atoms with Gasteiger partial charge in [0.05, 0.1) is 0 Å². The molecule has 0 unspecified atom stereocenters. The molecule has 0 aromatic rings. The van der Waals surface area contributed by atoms with E-state index in [2.05, 4.69) is 56.7 Å². The fourth-order valence-corrected chi connectivity index (χ4v) is 2.32. The largest absolute Gasteiger partial charge is 0.311 e. The highest BCUT2D eigenvalue weighted by molar-refractivity contribution is 4.82. The number of hydrogen-bond donors (Lipinski definition) is 1. The number of nitrogens with zero attached hydrogens (tertiary/aromatic N) is 2. The summed E-state index contributed by atoms with van der Waals surface area (Å²) in [5.41, 5.74) is 0.613. The lowest BCUT2D eigenvalue weighted by Gasteiger charge is -2.42. The molecule has 0 saturated carbocycles. The molecule has 3 heteroatoms. The van der Waals surface area contributed by atoms with E-state index in [1.807, 2.05) is 0 Å². The predicted octanol–water partition coefficient (Wildman–Crippen LogP) is 2.18. The van der Waals surface area contributed by atoms with E-state index < -0.39 is 0 Å². The molecule has 18 heavy (non-hydrogen) atoms. The van der Waals surface area contributed by atoms with Gasteiger partial charge in [-0.1, -0.05) is 6.92 Å². The van der Waals surface area contributed by atoms with E-state index in [9.17, 15) is 0 Å². The Morgan fingerprint density at radius 3 is 1.94 bits per heavy atom. The topological polar surface area (TPSA) is 18.5 Å². The van der Waals surface area contributed by atoms with Crippen molar-refractivity contribution in [1.82, 2.24) is 15.1 Å². The predicted molar refractivity (Wildman–Crippen MR) is 80.1 cm³/mol. The van der Waals surface area contributed by atoms with Crippen LogP contribution in [0.15, 0.2) is 0 Å². The Morgan fingerprint density at radius 1 is 0.944 bits per heavy atom. The Bertz CT molecular complexity index is 235. The molecule has 1 aliphatic rings. The second-order valence-electron chi connectivity index (χ2n) is 7.16. The van der Waals surface area contributed by atoms with Crippen molar-refractivity contribution in [3.63, 3.8) is 0 Å². The van der Waals surface area contributed by atoms with Gasteiger partial charge in [0, 0.05) is 50.3 Å². The monoisotopic (exact) mass is 255 g/mol. The first kappa shape index (κ1) is 15.9. The van der Waals surface area contributed by atoms with Gasteiger partial charge in [0.15, 0.2) is 0 Å². The highest BCUT2D eigenvalue weighted by atomic mass is 15.3. The van der Waals surface area contributed by atoms with Gasteiger partial charge < -0.3 is 5.32 Å². The maximum absolute atomic E-state index is 3.64. The quantitative estimate of drug-likeness (QED) is 0.812. The molecule has 0 atom stereocenters. The van der Waals surface area contributed by atoms with E-state index in [1.165, 1.54) is 39.1 Å². The molecular weight excluding hydrogens is 222 g/mol. The molecule has 1 heterocycles. The van der Waals surface area contributed by atoms with Crippen molar-refractivity contribution >= 4 is 0 Å². The van der Waals surface area contributed by atoms with E-state index in [0.29, 0.717) is 5.54 Å². The zero-order chi connectivity index (χ0) is 13.8. The third-order valence-electron chi connectivity index (χ3n) is 4.24. The van der Waals surface area contributed by atoms with Crippen LogP contribution in [0.5, 0.6) is 0 Å². The zero-order valence-corrected chi connectivity index (χ0v) is 13.3. The second-order valence-corrected chi connectivity index (χ2v) is 7.16. The third-order valence-corrected chi connectivity index (χ3v) is 4.24. The van der Waals surface area contributed by atoms with Crippen LogP contribution < -0.4 is 5.32 Å². The average molecular weight is 255 g/mol. The lowest BCUT2D eigenvalue weighted by atomic mass is 10.0. The fourth-order valence-electron chi connectivity index (χ4n) is 2.32. The first-order valence-electron chi connectivity index (χ1n) is 7.47. The maximum atomic E-state index is 3.64. The minimum Gasteiger partial charge on any atom is -0.311 e. The molecule has 1 aliphatic heterocycles. The first-order valence-corrected chi connectivity index (χ1v) is 7.47. The standard InChI is InChI=1S/C15H33N3/c1-7-15(5,6)16-8-9-17-10-12-18(13-11-17)14(2,3)4/h16H,7-13H2,1-6H3. The number of nitrogens with one attached hydrogen (secondary N) is 1. The van der Waals surface area contributed by atoms with Gasteiger partial charge in [-0.3, -0.25) is 9.80 Å². The summed E-state index contributed by atoms with van der Waals surface area (Å²) in [5, 5.41) is 3.64. The van der Waals surface area contributed by atoms with Gasteiger partial charge in [0.2, 0.25) is 0 Å². The summed E-state index contributed by atoms with van der Waals surface area (Å²) in [7, 11) is 0. The molecular formula is C15H33N3. The van der Waals surface area contributed by atoms with Crippen LogP contribution in [-0.2, 0) is 0 Å². The normalized spacial score (nSPS) is 20.3. The van der Waals surface area contributed by atoms with Crippen molar-refractivity contribution in [2.24, 2.45) is 0 Å². The Labute approximate surface area is 114 Å². The van der Waals surface area contributed by atoms with Gasteiger partial charge in [-0.25, -0.2) is 0 Å². The van der Waals surface area contributed by atoms with Crippen molar-refractivity contribution in [3.8, 4) is 0 Å². The molecule has 0 aromatic carbocycles. The van der Waals surface area contributed by atoms with E-state index in [0.717, 1.165) is 6.54 Å². The van der Waals surface area contributed by atoms with Crippen LogP contribution in [0.3, 0.4) is 0 Å². The Hall–Kier alpha value is -0.120. The van der Waals surface area contributed by atoms with Crippen LogP contribution in [0.1, 0.15) is 48.0 Å². The molecule has 3 nitrogen and oxygen atoms in total. The molecule has 1 fully saturated rings. The fraction of sp³-hybridized carbons (Fsp3) is 1.00. The maximum Gasteiger partial charge on any atom is 0.0126 e. The summed E-state index contributed by atoms with van der Waals surface area (Å²) < 4.78 is 0. The van der Waals surface area contributed by atoms with Crippen LogP contribution in [0.2, 0.25) is 0 Å². The van der Waals surface area contributed by atoms with Gasteiger partial charge in [-0.2, -0.15) is 0 Å². The van der Waals surface area contributed by atoms with Gasteiger partial charge >= 0.3 is 0 Å². The summed E-state index contributed by atoms with van der Waals surface area (Å²) in [6, 6.07) is 0. The highest BCUT2D eigenvalue weighted by Gasteiger charge is 2.25. The van der Waals surface area contributed by atoms with Crippen molar-refractivity contribution < 1.29 is 0 Å². The van der Waals surface area contributed by atoms with Gasteiger partial charge in [-0.15, -0.1) is 0 Å². The van der Waals surface area contributed by atoms with E-state index >= 15 is 0 Å². The minimum atomic E-state index is 0.285. The molecule has 108 valence electrons. The van der Waals surface area contributed by atoms with E-state index in [-0.39, 0.29) is 5.54 Å². The summed E-state index contributed by atoms with van der Waals surface area (Å²) in [6.45, 7) is 20.9. The summed E-state index contributed by atoms with van der Waals surface area (Å²) in [6.07, 6.45) is 1.19. The Kier molecular flexibility index (Phi) is 5.63. The summed E-state index contributed by atoms with van der Waals surface area (Å²) >= 11 is 0. The van der Waals surface area contributed by atoms with Crippen LogP contribution in [-0.4, -0.2) is 60.1 Å². The second kappa shape index (κ2) is 6.36. The molecule has 0 amide bonds. The lowest BCUT2D eigenvalue weighted by Crippen LogP contribution is -2.54. The molecule has 1 N–H and O–H groups in total. The minimum absolute atomic E-state index is 0.285. The Morgan fingerprint density at radius 2 is 1.50 bits per heavy atom. The summed E-state index contributed by atoms with van der Waals surface area (Å²) in [4.78, 5) is 5.17. The van der Waals surface area contributed by atoms with E-state index in [4.69, 9.17) is 0 Å². The molecule has 1 saturated heterocycles. The SMILES string of the molecule is CCC(C)(C)NCCN1CCN(C(C)(C)C)CC1. The lowest BCUT2D eigenvalue weighted by molar-refractivity contribution is 0.0620. The average Bonchev–Trinajstić information content (AvgIpc) is 2.28. The molecule has 0 aromatic heterocycles. The molecule has 0 bridgehead atoms. The number of piperazine rings is 1. The smallest absolute Gasteiger partial charge is 0.0126 e. The van der Waals surface area contributed by atoms with Crippen molar-refractivity contribution in [3.05, 3.63) is 0 Å². The van der Waals surface area contributed by atoms with E-state index in [1.54, 1.807) is 0 Å². The Balaban J connectivity index is 2.20. The van der Waals surface area contributed by atoms with Crippen molar-refractivity contribution in [2.45, 2.75) is 59.0 Å². The van der Waals surface area contributed by atoms with Crippen LogP contribution in [0.4, 0.5) is 0 Å². The van der Waals surface area contributed by atoms with Crippen LogP contribution in [0, 0.1) is 0 Å².